The first-order valence-corrected chi connectivity index (χ1v) is 5.75. The summed E-state index contributed by atoms with van der Waals surface area (Å²) in [6.45, 7) is 0.490. The molecule has 6 heteroatoms. The summed E-state index contributed by atoms with van der Waals surface area (Å²) < 4.78 is 5.00. The van der Waals surface area contributed by atoms with E-state index in [4.69, 9.17) is 10.00 Å². The number of rotatable bonds is 3. The molecule has 0 saturated carbocycles. The minimum atomic E-state index is 0.490. The van der Waals surface area contributed by atoms with Crippen LogP contribution in [0.15, 0.2) is 23.3 Å². The lowest BCUT2D eigenvalue weighted by molar-refractivity contribution is 0.397. The van der Waals surface area contributed by atoms with E-state index in [0.717, 1.165) is 5.56 Å². The standard InChI is InChI=1S/C10H12N4OS/c1-15-9-5-8(3-4-12-9)6-13-10(16-2)14-7-11/h3-5H,6H2,1-2H3,(H,13,14). The molecule has 16 heavy (non-hydrogen) atoms. The average molecular weight is 236 g/mol. The molecule has 1 aromatic heterocycles. The van der Waals surface area contributed by atoms with Crippen LogP contribution in [-0.2, 0) is 6.54 Å². The van der Waals surface area contributed by atoms with Crippen LogP contribution in [0.25, 0.3) is 0 Å². The van der Waals surface area contributed by atoms with Gasteiger partial charge in [0, 0.05) is 12.3 Å². The second-order valence-electron chi connectivity index (χ2n) is 2.77. The lowest BCUT2D eigenvalue weighted by Crippen LogP contribution is -2.13. The van der Waals surface area contributed by atoms with Gasteiger partial charge in [-0.3, -0.25) is 10.3 Å². The SMILES string of the molecule is COc1cc(CN=C(NC#N)SC)ccn1. The van der Waals surface area contributed by atoms with Gasteiger partial charge in [0.1, 0.15) is 0 Å². The lowest BCUT2D eigenvalue weighted by atomic mass is 10.3. The van der Waals surface area contributed by atoms with E-state index in [-0.39, 0.29) is 0 Å². The van der Waals surface area contributed by atoms with Crippen molar-refractivity contribution < 1.29 is 4.74 Å². The molecule has 0 fully saturated rings. The van der Waals surface area contributed by atoms with Crippen LogP contribution in [-0.4, -0.2) is 23.5 Å². The van der Waals surface area contributed by atoms with Gasteiger partial charge in [0.2, 0.25) is 5.88 Å². The van der Waals surface area contributed by atoms with Crippen molar-refractivity contribution >= 4 is 16.9 Å². The number of aromatic nitrogens is 1. The Balaban J connectivity index is 2.69. The van der Waals surface area contributed by atoms with Gasteiger partial charge in [0.15, 0.2) is 11.4 Å². The molecule has 5 nitrogen and oxygen atoms in total. The van der Waals surface area contributed by atoms with Crippen molar-refractivity contribution in [1.82, 2.24) is 10.3 Å². The highest BCUT2D eigenvalue weighted by molar-refractivity contribution is 8.13. The number of hydrogen-bond acceptors (Lipinski definition) is 5. The number of ether oxygens (including phenoxy) is 1. The Morgan fingerprint density at radius 3 is 3.19 bits per heavy atom. The summed E-state index contributed by atoms with van der Waals surface area (Å²) in [6, 6.07) is 3.67. The number of nitrogens with zero attached hydrogens (tertiary/aromatic N) is 3. The van der Waals surface area contributed by atoms with Crippen LogP contribution in [0.2, 0.25) is 0 Å². The largest absolute Gasteiger partial charge is 0.481 e. The maximum atomic E-state index is 8.46. The van der Waals surface area contributed by atoms with Crippen LogP contribution in [0.1, 0.15) is 5.56 Å². The first-order chi connectivity index (χ1) is 7.80. The number of nitrogens with one attached hydrogen (secondary N) is 1. The molecule has 0 saturated heterocycles. The topological polar surface area (TPSA) is 70.3 Å². The van der Waals surface area contributed by atoms with Crippen LogP contribution in [0.5, 0.6) is 5.88 Å². The molecule has 0 unspecified atom stereocenters. The molecule has 0 aliphatic rings. The molecular formula is C10H12N4OS. The summed E-state index contributed by atoms with van der Waals surface area (Å²) in [5.41, 5.74) is 0.984. The highest BCUT2D eigenvalue weighted by Gasteiger charge is 1.98. The molecule has 0 aromatic carbocycles. The van der Waals surface area contributed by atoms with E-state index in [2.05, 4.69) is 15.3 Å². The second kappa shape index (κ2) is 6.69. The Labute approximate surface area is 98.6 Å². The van der Waals surface area contributed by atoms with Gasteiger partial charge >= 0.3 is 0 Å². The van der Waals surface area contributed by atoms with Crippen molar-refractivity contribution in [3.63, 3.8) is 0 Å². The van der Waals surface area contributed by atoms with Gasteiger partial charge in [-0.25, -0.2) is 4.98 Å². The Bertz CT molecular complexity index is 414. The number of hydrogen-bond donors (Lipinski definition) is 1. The van der Waals surface area contributed by atoms with E-state index < -0.39 is 0 Å². The fourth-order valence-electron chi connectivity index (χ4n) is 1.03. The number of amidine groups is 1. The summed E-state index contributed by atoms with van der Waals surface area (Å²) in [4.78, 5) is 8.24. The molecular weight excluding hydrogens is 224 g/mol. The molecule has 1 aromatic rings. The Kier molecular flexibility index (Phi) is 5.16. The van der Waals surface area contributed by atoms with Gasteiger partial charge in [-0.15, -0.1) is 0 Å². The van der Waals surface area contributed by atoms with Gasteiger partial charge < -0.3 is 4.74 Å². The molecule has 1 rings (SSSR count). The first-order valence-electron chi connectivity index (χ1n) is 4.52. The average Bonchev–Trinajstić information content (AvgIpc) is 2.34. The van der Waals surface area contributed by atoms with E-state index in [1.807, 2.05) is 24.6 Å². The van der Waals surface area contributed by atoms with Crippen LogP contribution in [0.3, 0.4) is 0 Å². The van der Waals surface area contributed by atoms with E-state index in [1.54, 1.807) is 13.3 Å². The smallest absolute Gasteiger partial charge is 0.213 e. The molecule has 0 bridgehead atoms. The second-order valence-corrected chi connectivity index (χ2v) is 3.56. The predicted octanol–water partition coefficient (Wildman–Crippen LogP) is 1.38. The Hall–Kier alpha value is -1.74. The molecule has 1 N–H and O–H groups in total. The van der Waals surface area contributed by atoms with Crippen molar-refractivity contribution in [2.24, 2.45) is 4.99 Å². The molecule has 84 valence electrons. The fourth-order valence-corrected chi connectivity index (χ4v) is 1.37. The molecule has 0 amide bonds. The number of thioether (sulfide) groups is 1. The van der Waals surface area contributed by atoms with Crippen LogP contribution < -0.4 is 10.1 Å². The Morgan fingerprint density at radius 2 is 2.56 bits per heavy atom. The van der Waals surface area contributed by atoms with E-state index in [0.29, 0.717) is 17.6 Å². The van der Waals surface area contributed by atoms with Gasteiger partial charge in [-0.05, 0) is 17.9 Å². The maximum absolute atomic E-state index is 8.46. The minimum absolute atomic E-state index is 0.490. The van der Waals surface area contributed by atoms with E-state index >= 15 is 0 Å². The van der Waals surface area contributed by atoms with Crippen molar-refractivity contribution in [2.45, 2.75) is 6.54 Å². The number of nitriles is 1. The quantitative estimate of drug-likeness (QED) is 0.371. The van der Waals surface area contributed by atoms with Gasteiger partial charge in [0.05, 0.1) is 13.7 Å². The molecule has 0 atom stereocenters. The van der Waals surface area contributed by atoms with Gasteiger partial charge in [-0.2, -0.15) is 5.26 Å². The molecule has 0 aliphatic carbocycles. The van der Waals surface area contributed by atoms with Gasteiger partial charge in [0.25, 0.3) is 0 Å². The van der Waals surface area contributed by atoms with Crippen molar-refractivity contribution in [3.05, 3.63) is 23.9 Å². The summed E-state index contributed by atoms with van der Waals surface area (Å²) in [5, 5.41) is 11.6. The van der Waals surface area contributed by atoms with Crippen LogP contribution >= 0.6 is 11.8 Å². The number of methoxy groups -OCH3 is 1. The first kappa shape index (κ1) is 12.3. The summed E-state index contributed by atoms with van der Waals surface area (Å²) >= 11 is 1.39. The highest BCUT2D eigenvalue weighted by Crippen LogP contribution is 2.10. The summed E-state index contributed by atoms with van der Waals surface area (Å²) in [7, 11) is 1.57. The van der Waals surface area contributed by atoms with Crippen molar-refractivity contribution in [2.75, 3.05) is 13.4 Å². The van der Waals surface area contributed by atoms with E-state index in [1.165, 1.54) is 11.8 Å². The summed E-state index contributed by atoms with van der Waals surface area (Å²) in [5.74, 6) is 0.562. The maximum Gasteiger partial charge on any atom is 0.213 e. The highest BCUT2D eigenvalue weighted by atomic mass is 32.2. The number of pyridine rings is 1. The van der Waals surface area contributed by atoms with Crippen LogP contribution in [0.4, 0.5) is 0 Å². The minimum Gasteiger partial charge on any atom is -0.481 e. The third-order valence-electron chi connectivity index (χ3n) is 1.77. The summed E-state index contributed by atoms with van der Waals surface area (Å²) in [6.07, 6.45) is 5.36. The molecule has 1 heterocycles. The zero-order chi connectivity index (χ0) is 11.8. The van der Waals surface area contributed by atoms with Crippen molar-refractivity contribution in [1.29, 1.82) is 5.26 Å². The third-order valence-corrected chi connectivity index (χ3v) is 2.39. The third kappa shape index (κ3) is 3.79. The lowest BCUT2D eigenvalue weighted by Gasteiger charge is -2.02. The molecule has 0 spiro atoms. The zero-order valence-electron chi connectivity index (χ0n) is 9.10. The van der Waals surface area contributed by atoms with Crippen molar-refractivity contribution in [3.8, 4) is 12.1 Å². The fraction of sp³-hybridized carbons (Fsp3) is 0.300. The van der Waals surface area contributed by atoms with Crippen LogP contribution in [0, 0.1) is 11.5 Å². The van der Waals surface area contributed by atoms with E-state index in [9.17, 15) is 0 Å². The van der Waals surface area contributed by atoms with Gasteiger partial charge in [-0.1, -0.05) is 11.8 Å². The monoisotopic (exact) mass is 236 g/mol. The molecule has 0 aliphatic heterocycles. The zero-order valence-corrected chi connectivity index (χ0v) is 9.91. The predicted molar refractivity (Wildman–Crippen MR) is 64.2 cm³/mol. The normalized spacial score (nSPS) is 10.7. The Morgan fingerprint density at radius 1 is 1.75 bits per heavy atom. The molecule has 0 radical (unpaired) electrons. The number of aliphatic imine (C=N–C) groups is 1.